The smallest absolute Gasteiger partial charge is 0.181 e. The molecule has 0 amide bonds. The van der Waals surface area contributed by atoms with Crippen LogP contribution in [-0.4, -0.2) is 4.98 Å². The van der Waals surface area contributed by atoms with Gasteiger partial charge in [-0.05, 0) is 12.1 Å². The topological polar surface area (TPSA) is 26.0 Å². The second-order valence-corrected chi connectivity index (χ2v) is 3.42. The van der Waals surface area contributed by atoms with E-state index in [1.807, 2.05) is 0 Å². The Balaban J connectivity index is 2.59. The van der Waals surface area contributed by atoms with Crippen molar-refractivity contribution in [3.63, 3.8) is 0 Å². The molecule has 2 nitrogen and oxygen atoms in total. The Hall–Kier alpha value is -1.23. The first-order valence-electron chi connectivity index (χ1n) is 4.16. The van der Waals surface area contributed by atoms with E-state index in [-0.39, 0.29) is 11.3 Å². The fraction of sp³-hybridized carbons (Fsp3) is 0.100. The third kappa shape index (κ3) is 1.79. The van der Waals surface area contributed by atoms with Gasteiger partial charge in [-0.15, -0.1) is 0 Å². The summed E-state index contributed by atoms with van der Waals surface area (Å²) in [4.78, 5) is 3.88. The molecule has 0 aliphatic carbocycles. The lowest BCUT2D eigenvalue weighted by Crippen LogP contribution is -1.90. The van der Waals surface area contributed by atoms with Crippen LogP contribution in [0.4, 0.5) is 8.78 Å². The van der Waals surface area contributed by atoms with Crippen molar-refractivity contribution in [3.05, 3.63) is 41.9 Å². The van der Waals surface area contributed by atoms with Crippen LogP contribution < -0.4 is 0 Å². The average Bonchev–Trinajstić information content (AvgIpc) is 2.70. The maximum absolute atomic E-state index is 13.4. The van der Waals surface area contributed by atoms with E-state index in [2.05, 4.69) is 20.9 Å². The number of hydrogen-bond acceptors (Lipinski definition) is 2. The molecule has 78 valence electrons. The molecule has 0 spiro atoms. The zero-order valence-electron chi connectivity index (χ0n) is 7.51. The number of halogens is 3. The fourth-order valence-electron chi connectivity index (χ4n) is 1.26. The average molecular weight is 274 g/mol. The number of aromatic nitrogens is 1. The Labute approximate surface area is 93.1 Å². The molecule has 1 aromatic carbocycles. The second-order valence-electron chi connectivity index (χ2n) is 2.86. The number of benzene rings is 1. The van der Waals surface area contributed by atoms with E-state index in [0.717, 1.165) is 6.07 Å². The van der Waals surface area contributed by atoms with E-state index in [0.29, 0.717) is 11.0 Å². The summed E-state index contributed by atoms with van der Waals surface area (Å²) in [5.41, 5.74) is 0.626. The van der Waals surface area contributed by atoms with Gasteiger partial charge in [0.1, 0.15) is 0 Å². The predicted octanol–water partition coefficient (Wildman–Crippen LogP) is 3.51. The Bertz CT molecular complexity index is 484. The van der Waals surface area contributed by atoms with Crippen LogP contribution in [-0.2, 0) is 5.33 Å². The van der Waals surface area contributed by atoms with Gasteiger partial charge in [0.15, 0.2) is 23.8 Å². The highest BCUT2D eigenvalue weighted by Gasteiger charge is 2.16. The number of oxazole rings is 1. The summed E-state index contributed by atoms with van der Waals surface area (Å²) in [7, 11) is 0. The first-order valence-corrected chi connectivity index (χ1v) is 5.29. The molecule has 0 atom stereocenters. The first kappa shape index (κ1) is 10.3. The number of nitrogens with zero attached hydrogens (tertiary/aromatic N) is 1. The lowest BCUT2D eigenvalue weighted by Gasteiger charge is -2.01. The van der Waals surface area contributed by atoms with Crippen LogP contribution in [0.5, 0.6) is 0 Å². The second kappa shape index (κ2) is 4.10. The molecule has 5 heteroatoms. The summed E-state index contributed by atoms with van der Waals surface area (Å²) >= 11 is 3.19. The van der Waals surface area contributed by atoms with Crippen molar-refractivity contribution in [3.8, 4) is 11.3 Å². The van der Waals surface area contributed by atoms with Gasteiger partial charge < -0.3 is 4.42 Å². The van der Waals surface area contributed by atoms with Crippen LogP contribution >= 0.6 is 15.9 Å². The molecule has 0 fully saturated rings. The van der Waals surface area contributed by atoms with Crippen LogP contribution in [0.1, 0.15) is 5.69 Å². The predicted molar refractivity (Wildman–Crippen MR) is 54.5 cm³/mol. The summed E-state index contributed by atoms with van der Waals surface area (Å²) in [6.45, 7) is 0. The minimum Gasteiger partial charge on any atom is -0.443 e. The Morgan fingerprint density at radius 2 is 2.13 bits per heavy atom. The van der Waals surface area contributed by atoms with Crippen molar-refractivity contribution in [1.29, 1.82) is 0 Å². The maximum Gasteiger partial charge on any atom is 0.181 e. The Morgan fingerprint density at radius 3 is 2.87 bits per heavy atom. The summed E-state index contributed by atoms with van der Waals surface area (Å²) in [6, 6.07) is 3.93. The molecule has 2 aromatic rings. The monoisotopic (exact) mass is 273 g/mol. The van der Waals surface area contributed by atoms with Crippen molar-refractivity contribution in [2.45, 2.75) is 5.33 Å². The highest BCUT2D eigenvalue weighted by Crippen LogP contribution is 2.28. The van der Waals surface area contributed by atoms with E-state index in [9.17, 15) is 8.78 Å². The SMILES string of the molecule is Fc1cccc(-c2ocnc2CBr)c1F. The summed E-state index contributed by atoms with van der Waals surface area (Å²) in [5, 5.41) is 0.425. The van der Waals surface area contributed by atoms with Gasteiger partial charge in [0.05, 0.1) is 11.3 Å². The van der Waals surface area contributed by atoms with Gasteiger partial charge in [0, 0.05) is 5.33 Å². The molecule has 1 heterocycles. The van der Waals surface area contributed by atoms with Crippen LogP contribution in [0.25, 0.3) is 11.3 Å². The molecule has 0 radical (unpaired) electrons. The standard InChI is InChI=1S/C10H6BrF2NO/c11-4-8-10(15-5-14-8)6-2-1-3-7(12)9(6)13/h1-3,5H,4H2. The highest BCUT2D eigenvalue weighted by atomic mass is 79.9. The zero-order chi connectivity index (χ0) is 10.8. The molecule has 0 bridgehead atoms. The van der Waals surface area contributed by atoms with Crippen LogP contribution in [0.15, 0.2) is 29.0 Å². The molecule has 2 rings (SSSR count). The molecule has 0 unspecified atom stereocenters. The molecule has 15 heavy (non-hydrogen) atoms. The van der Waals surface area contributed by atoms with Crippen LogP contribution in [0.3, 0.4) is 0 Å². The number of rotatable bonds is 2. The molecule has 0 aliphatic heterocycles. The molecule has 0 saturated heterocycles. The normalized spacial score (nSPS) is 10.6. The molecule has 1 aromatic heterocycles. The van der Waals surface area contributed by atoms with Crippen molar-refractivity contribution in [2.75, 3.05) is 0 Å². The highest BCUT2D eigenvalue weighted by molar-refractivity contribution is 9.08. The summed E-state index contributed by atoms with van der Waals surface area (Å²) in [6.07, 6.45) is 1.20. The maximum atomic E-state index is 13.4. The van der Waals surface area contributed by atoms with Crippen molar-refractivity contribution >= 4 is 15.9 Å². The van der Waals surface area contributed by atoms with Gasteiger partial charge in [0.25, 0.3) is 0 Å². The van der Waals surface area contributed by atoms with Gasteiger partial charge in [-0.1, -0.05) is 22.0 Å². The minimum absolute atomic E-state index is 0.0851. The van der Waals surface area contributed by atoms with Gasteiger partial charge in [-0.3, -0.25) is 0 Å². The third-order valence-electron chi connectivity index (χ3n) is 1.96. The number of hydrogen-bond donors (Lipinski definition) is 0. The Morgan fingerprint density at radius 1 is 1.33 bits per heavy atom. The molecule has 0 saturated carbocycles. The van der Waals surface area contributed by atoms with Crippen molar-refractivity contribution in [1.82, 2.24) is 4.98 Å². The minimum atomic E-state index is -0.920. The molecular formula is C10H6BrF2NO. The lowest BCUT2D eigenvalue weighted by molar-refractivity contribution is 0.503. The van der Waals surface area contributed by atoms with Crippen LogP contribution in [0, 0.1) is 11.6 Å². The summed E-state index contributed by atoms with van der Waals surface area (Å²) < 4.78 is 31.4. The van der Waals surface area contributed by atoms with E-state index in [1.165, 1.54) is 18.5 Å². The number of alkyl halides is 1. The third-order valence-corrected chi connectivity index (χ3v) is 2.50. The molecular weight excluding hydrogens is 268 g/mol. The van der Waals surface area contributed by atoms with Gasteiger partial charge in [-0.25, -0.2) is 13.8 Å². The van der Waals surface area contributed by atoms with E-state index in [1.54, 1.807) is 0 Å². The van der Waals surface area contributed by atoms with E-state index in [4.69, 9.17) is 4.42 Å². The largest absolute Gasteiger partial charge is 0.443 e. The van der Waals surface area contributed by atoms with Gasteiger partial charge in [-0.2, -0.15) is 0 Å². The first-order chi connectivity index (χ1) is 7.24. The summed E-state index contributed by atoms with van der Waals surface area (Å²) in [5.74, 6) is -1.57. The van der Waals surface area contributed by atoms with Gasteiger partial charge in [0.2, 0.25) is 0 Å². The molecule has 0 aliphatic rings. The molecule has 0 N–H and O–H groups in total. The van der Waals surface area contributed by atoms with Crippen molar-refractivity contribution in [2.24, 2.45) is 0 Å². The van der Waals surface area contributed by atoms with Crippen LogP contribution in [0.2, 0.25) is 0 Å². The van der Waals surface area contributed by atoms with Gasteiger partial charge >= 0.3 is 0 Å². The quantitative estimate of drug-likeness (QED) is 0.783. The van der Waals surface area contributed by atoms with E-state index >= 15 is 0 Å². The fourth-order valence-corrected chi connectivity index (χ4v) is 1.66. The Kier molecular flexibility index (Phi) is 2.81. The van der Waals surface area contributed by atoms with Crippen molar-refractivity contribution < 1.29 is 13.2 Å². The lowest BCUT2D eigenvalue weighted by atomic mass is 10.1. The zero-order valence-corrected chi connectivity index (χ0v) is 9.09. The van der Waals surface area contributed by atoms with E-state index < -0.39 is 11.6 Å².